The Hall–Kier alpha value is -0.610. The first-order valence-electron chi connectivity index (χ1n) is 4.78. The van der Waals surface area contributed by atoms with Crippen molar-refractivity contribution in [2.24, 2.45) is 0 Å². The summed E-state index contributed by atoms with van der Waals surface area (Å²) in [6.07, 6.45) is 2.34. The molecular formula is C9H18N2O2. The SMILES string of the molecule is CNCC(C)OCC(=O)NC1CC1. The van der Waals surface area contributed by atoms with Crippen molar-refractivity contribution >= 4 is 5.91 Å². The Labute approximate surface area is 79.0 Å². The first-order chi connectivity index (χ1) is 6.22. The van der Waals surface area contributed by atoms with Gasteiger partial charge in [0, 0.05) is 12.6 Å². The van der Waals surface area contributed by atoms with Gasteiger partial charge in [-0.05, 0) is 26.8 Å². The first-order valence-corrected chi connectivity index (χ1v) is 4.78. The number of likely N-dealkylation sites (N-methyl/N-ethyl adjacent to an activating group) is 1. The number of hydrogen-bond acceptors (Lipinski definition) is 3. The summed E-state index contributed by atoms with van der Waals surface area (Å²) in [4.78, 5) is 11.1. The quantitative estimate of drug-likeness (QED) is 0.608. The number of hydrogen-bond donors (Lipinski definition) is 2. The average Bonchev–Trinajstić information content (AvgIpc) is 2.85. The summed E-state index contributed by atoms with van der Waals surface area (Å²) in [6, 6.07) is 0.427. The van der Waals surface area contributed by atoms with E-state index in [9.17, 15) is 4.79 Å². The number of rotatable bonds is 6. The summed E-state index contributed by atoms with van der Waals surface area (Å²) in [5.74, 6) is 0.00505. The van der Waals surface area contributed by atoms with Crippen LogP contribution in [0.2, 0.25) is 0 Å². The lowest BCUT2D eigenvalue weighted by atomic mass is 10.4. The van der Waals surface area contributed by atoms with Crippen LogP contribution in [0.1, 0.15) is 19.8 Å². The molecule has 2 N–H and O–H groups in total. The van der Waals surface area contributed by atoms with E-state index >= 15 is 0 Å². The van der Waals surface area contributed by atoms with E-state index in [-0.39, 0.29) is 18.6 Å². The molecule has 1 amide bonds. The zero-order valence-electron chi connectivity index (χ0n) is 8.30. The second kappa shape index (κ2) is 5.19. The van der Waals surface area contributed by atoms with Crippen molar-refractivity contribution in [3.05, 3.63) is 0 Å². The number of carbonyl (C=O) groups is 1. The van der Waals surface area contributed by atoms with Crippen molar-refractivity contribution in [3.8, 4) is 0 Å². The van der Waals surface area contributed by atoms with Crippen LogP contribution < -0.4 is 10.6 Å². The van der Waals surface area contributed by atoms with E-state index in [4.69, 9.17) is 4.74 Å². The van der Waals surface area contributed by atoms with Crippen molar-refractivity contribution in [1.29, 1.82) is 0 Å². The highest BCUT2D eigenvalue weighted by molar-refractivity contribution is 5.77. The van der Waals surface area contributed by atoms with Gasteiger partial charge in [0.15, 0.2) is 0 Å². The van der Waals surface area contributed by atoms with Crippen molar-refractivity contribution in [1.82, 2.24) is 10.6 Å². The van der Waals surface area contributed by atoms with Crippen LogP contribution in [-0.2, 0) is 9.53 Å². The van der Waals surface area contributed by atoms with Crippen LogP contribution in [0.4, 0.5) is 0 Å². The van der Waals surface area contributed by atoms with Gasteiger partial charge in [-0.15, -0.1) is 0 Å². The topological polar surface area (TPSA) is 50.4 Å². The van der Waals surface area contributed by atoms with Gasteiger partial charge in [-0.1, -0.05) is 0 Å². The molecule has 0 spiro atoms. The van der Waals surface area contributed by atoms with Gasteiger partial charge in [-0.2, -0.15) is 0 Å². The largest absolute Gasteiger partial charge is 0.367 e. The Morgan fingerprint density at radius 2 is 2.31 bits per heavy atom. The van der Waals surface area contributed by atoms with E-state index in [1.54, 1.807) is 0 Å². The lowest BCUT2D eigenvalue weighted by Gasteiger charge is -2.11. The standard InChI is InChI=1S/C9H18N2O2/c1-7(5-10-2)13-6-9(12)11-8-3-4-8/h7-8,10H,3-6H2,1-2H3,(H,11,12). The van der Waals surface area contributed by atoms with Gasteiger partial charge in [-0.25, -0.2) is 0 Å². The summed E-state index contributed by atoms with van der Waals surface area (Å²) in [7, 11) is 1.87. The van der Waals surface area contributed by atoms with Gasteiger partial charge in [0.05, 0.1) is 6.10 Å². The summed E-state index contributed by atoms with van der Waals surface area (Å²) in [5, 5.41) is 5.85. The highest BCUT2D eigenvalue weighted by Gasteiger charge is 2.23. The highest BCUT2D eigenvalue weighted by atomic mass is 16.5. The van der Waals surface area contributed by atoms with Crippen LogP contribution in [0.3, 0.4) is 0 Å². The molecule has 1 rings (SSSR count). The minimum absolute atomic E-state index is 0.00505. The van der Waals surface area contributed by atoms with Crippen LogP contribution in [-0.4, -0.2) is 38.3 Å². The molecule has 1 saturated carbocycles. The maximum absolute atomic E-state index is 11.1. The second-order valence-electron chi connectivity index (χ2n) is 3.52. The van der Waals surface area contributed by atoms with Gasteiger partial charge in [0.2, 0.25) is 5.91 Å². The Morgan fingerprint density at radius 3 is 2.85 bits per heavy atom. The number of nitrogens with one attached hydrogen (secondary N) is 2. The molecule has 4 nitrogen and oxygen atoms in total. The van der Waals surface area contributed by atoms with Gasteiger partial charge in [0.25, 0.3) is 0 Å². The third kappa shape index (κ3) is 4.85. The zero-order valence-corrected chi connectivity index (χ0v) is 8.30. The van der Waals surface area contributed by atoms with E-state index in [1.165, 1.54) is 0 Å². The van der Waals surface area contributed by atoms with E-state index < -0.39 is 0 Å². The van der Waals surface area contributed by atoms with Crippen LogP contribution in [0.25, 0.3) is 0 Å². The molecule has 76 valence electrons. The monoisotopic (exact) mass is 186 g/mol. The first kappa shape index (κ1) is 10.5. The van der Waals surface area contributed by atoms with E-state index in [0.29, 0.717) is 6.04 Å². The smallest absolute Gasteiger partial charge is 0.246 e. The summed E-state index contributed by atoms with van der Waals surface area (Å²) < 4.78 is 5.30. The van der Waals surface area contributed by atoms with Crippen molar-refractivity contribution in [3.63, 3.8) is 0 Å². The molecule has 0 saturated heterocycles. The van der Waals surface area contributed by atoms with Gasteiger partial charge >= 0.3 is 0 Å². The fraction of sp³-hybridized carbons (Fsp3) is 0.889. The molecule has 1 atom stereocenters. The van der Waals surface area contributed by atoms with Crippen LogP contribution >= 0.6 is 0 Å². The molecule has 0 aromatic heterocycles. The molecule has 1 aliphatic rings. The van der Waals surface area contributed by atoms with E-state index in [0.717, 1.165) is 19.4 Å². The summed E-state index contributed by atoms with van der Waals surface area (Å²) in [6.45, 7) is 2.90. The Kier molecular flexibility index (Phi) is 4.18. The molecular weight excluding hydrogens is 168 g/mol. The summed E-state index contributed by atoms with van der Waals surface area (Å²) in [5.41, 5.74) is 0. The molecule has 4 heteroatoms. The molecule has 1 aliphatic carbocycles. The maximum Gasteiger partial charge on any atom is 0.246 e. The van der Waals surface area contributed by atoms with Gasteiger partial charge < -0.3 is 15.4 Å². The van der Waals surface area contributed by atoms with Crippen molar-refractivity contribution in [2.45, 2.75) is 31.9 Å². The van der Waals surface area contributed by atoms with E-state index in [1.807, 2.05) is 14.0 Å². The predicted molar refractivity (Wildman–Crippen MR) is 50.5 cm³/mol. The van der Waals surface area contributed by atoms with Gasteiger partial charge in [0.1, 0.15) is 6.61 Å². The Morgan fingerprint density at radius 1 is 1.62 bits per heavy atom. The molecule has 0 radical (unpaired) electrons. The van der Waals surface area contributed by atoms with Gasteiger partial charge in [-0.3, -0.25) is 4.79 Å². The summed E-state index contributed by atoms with van der Waals surface area (Å²) >= 11 is 0. The fourth-order valence-corrected chi connectivity index (χ4v) is 1.06. The second-order valence-corrected chi connectivity index (χ2v) is 3.52. The molecule has 0 bridgehead atoms. The number of ether oxygens (including phenoxy) is 1. The van der Waals surface area contributed by atoms with Crippen LogP contribution in [0.5, 0.6) is 0 Å². The average molecular weight is 186 g/mol. The van der Waals surface area contributed by atoms with Crippen LogP contribution in [0.15, 0.2) is 0 Å². The molecule has 1 unspecified atom stereocenters. The zero-order chi connectivity index (χ0) is 9.68. The third-order valence-electron chi connectivity index (χ3n) is 1.93. The number of amides is 1. The Bertz CT molecular complexity index is 169. The molecule has 13 heavy (non-hydrogen) atoms. The molecule has 0 aliphatic heterocycles. The predicted octanol–water partition coefficient (Wildman–Crippen LogP) is -0.110. The molecule has 0 aromatic carbocycles. The highest BCUT2D eigenvalue weighted by Crippen LogP contribution is 2.18. The molecule has 1 fully saturated rings. The van der Waals surface area contributed by atoms with Crippen molar-refractivity contribution in [2.75, 3.05) is 20.2 Å². The number of carbonyl (C=O) groups excluding carboxylic acids is 1. The normalized spacial score (nSPS) is 18.3. The minimum Gasteiger partial charge on any atom is -0.367 e. The molecule has 0 aromatic rings. The lowest BCUT2D eigenvalue weighted by Crippen LogP contribution is -2.33. The third-order valence-corrected chi connectivity index (χ3v) is 1.93. The van der Waals surface area contributed by atoms with Crippen LogP contribution in [0, 0.1) is 0 Å². The molecule has 0 heterocycles. The lowest BCUT2D eigenvalue weighted by molar-refractivity contribution is -0.127. The maximum atomic E-state index is 11.1. The Balaban J connectivity index is 1.99. The minimum atomic E-state index is 0.00505. The van der Waals surface area contributed by atoms with E-state index in [2.05, 4.69) is 10.6 Å². The fourth-order valence-electron chi connectivity index (χ4n) is 1.06. The van der Waals surface area contributed by atoms with Crippen molar-refractivity contribution < 1.29 is 9.53 Å².